The summed E-state index contributed by atoms with van der Waals surface area (Å²) in [4.78, 5) is 17.2. The van der Waals surface area contributed by atoms with E-state index in [1.54, 1.807) is 5.01 Å². The van der Waals surface area contributed by atoms with Crippen LogP contribution in [0.1, 0.15) is 36.4 Å². The Morgan fingerprint density at radius 2 is 2.00 bits per heavy atom. The van der Waals surface area contributed by atoms with E-state index in [1.807, 2.05) is 31.2 Å². The van der Waals surface area contributed by atoms with Crippen molar-refractivity contribution < 1.29 is 27.2 Å². The second kappa shape index (κ2) is 9.02. The highest BCUT2D eigenvalue weighted by molar-refractivity contribution is 5.87. The number of nitrogens with one attached hydrogen (secondary N) is 1. The van der Waals surface area contributed by atoms with Gasteiger partial charge in [0.2, 0.25) is 11.7 Å². The molecule has 0 saturated carbocycles. The number of hydrazone groups is 1. The molecule has 0 aliphatic carbocycles. The molecule has 3 aromatic rings. The maximum Gasteiger partial charge on any atom is 0.416 e. The summed E-state index contributed by atoms with van der Waals surface area (Å²) in [6.07, 6.45) is -2.44. The minimum Gasteiger partial charge on any atom is -0.494 e. The molecular formula is C23H21F3N6O3. The molecule has 2 aromatic carbocycles. The third-order valence-electron chi connectivity index (χ3n) is 5.75. The van der Waals surface area contributed by atoms with E-state index in [-0.39, 0.29) is 35.8 Å². The minimum atomic E-state index is -4.48. The lowest BCUT2D eigenvalue weighted by atomic mass is 10.0. The average Bonchev–Trinajstić information content (AvgIpc) is 3.49. The second-order valence-electron chi connectivity index (χ2n) is 8.06. The van der Waals surface area contributed by atoms with Gasteiger partial charge >= 0.3 is 6.18 Å². The summed E-state index contributed by atoms with van der Waals surface area (Å²) in [5.74, 6) is 0.580. The highest BCUT2D eigenvalue weighted by Gasteiger charge is 2.41. The lowest BCUT2D eigenvalue weighted by Crippen LogP contribution is -2.50. The zero-order valence-corrected chi connectivity index (χ0v) is 18.6. The van der Waals surface area contributed by atoms with Crippen molar-refractivity contribution in [2.75, 3.05) is 6.61 Å². The molecule has 1 saturated heterocycles. The second-order valence-corrected chi connectivity index (χ2v) is 8.06. The van der Waals surface area contributed by atoms with E-state index in [1.165, 1.54) is 23.5 Å². The van der Waals surface area contributed by atoms with Crippen LogP contribution in [0.25, 0.3) is 11.4 Å². The van der Waals surface area contributed by atoms with Gasteiger partial charge in [0.25, 0.3) is 5.91 Å². The fraction of sp³-hybridized carbons (Fsp3) is 0.304. The van der Waals surface area contributed by atoms with Gasteiger partial charge in [-0.25, -0.2) is 10.4 Å². The van der Waals surface area contributed by atoms with Crippen molar-refractivity contribution in [2.24, 2.45) is 5.10 Å². The minimum absolute atomic E-state index is 0.000684. The maximum absolute atomic E-state index is 13.1. The van der Waals surface area contributed by atoms with E-state index in [4.69, 9.17) is 9.26 Å². The molecule has 0 spiro atoms. The van der Waals surface area contributed by atoms with Gasteiger partial charge in [-0.1, -0.05) is 29.4 Å². The third-order valence-corrected chi connectivity index (χ3v) is 5.75. The highest BCUT2D eigenvalue weighted by Crippen LogP contribution is 2.32. The summed E-state index contributed by atoms with van der Waals surface area (Å²) in [6, 6.07) is 11.8. The zero-order chi connectivity index (χ0) is 24.6. The van der Waals surface area contributed by atoms with Crippen LogP contribution >= 0.6 is 0 Å². The number of hydrogen-bond donors (Lipinski definition) is 1. The van der Waals surface area contributed by atoms with Gasteiger partial charge in [-0.3, -0.25) is 9.80 Å². The number of halogens is 3. The molecule has 2 unspecified atom stereocenters. The summed E-state index contributed by atoms with van der Waals surface area (Å²) in [7, 11) is 0. The van der Waals surface area contributed by atoms with Crippen LogP contribution in [0.2, 0.25) is 0 Å². The Morgan fingerprint density at radius 1 is 1.20 bits per heavy atom. The number of benzene rings is 2. The van der Waals surface area contributed by atoms with Crippen molar-refractivity contribution >= 4 is 12.2 Å². The molecule has 35 heavy (non-hydrogen) atoms. The Balaban J connectivity index is 1.25. The van der Waals surface area contributed by atoms with Gasteiger partial charge in [0.1, 0.15) is 24.7 Å². The molecule has 1 amide bonds. The molecule has 0 radical (unpaired) electrons. The van der Waals surface area contributed by atoms with E-state index in [9.17, 15) is 18.0 Å². The number of fused-ring (bicyclic) bond motifs is 1. The van der Waals surface area contributed by atoms with Gasteiger partial charge < -0.3 is 9.26 Å². The number of carbonyl (C=O) groups is 1. The van der Waals surface area contributed by atoms with Crippen LogP contribution in [-0.2, 0) is 17.5 Å². The number of amides is 1. The SMILES string of the molecule is CCOc1ccc(C2CC3C(=O)N(Cc4nc(-c5cccc(C(F)(F)F)c5)no4)N=CN3N2)cc1. The van der Waals surface area contributed by atoms with Crippen LogP contribution in [0.3, 0.4) is 0 Å². The normalized spacial score (nSPS) is 19.8. The highest BCUT2D eigenvalue weighted by atomic mass is 19.4. The molecule has 0 bridgehead atoms. The molecule has 1 fully saturated rings. The molecule has 2 aliphatic heterocycles. The first kappa shape index (κ1) is 22.8. The van der Waals surface area contributed by atoms with Crippen LogP contribution in [0.5, 0.6) is 5.75 Å². The van der Waals surface area contributed by atoms with Crippen molar-refractivity contribution in [3.05, 3.63) is 65.5 Å². The molecule has 2 aliphatic rings. The van der Waals surface area contributed by atoms with Crippen LogP contribution < -0.4 is 10.2 Å². The molecule has 182 valence electrons. The van der Waals surface area contributed by atoms with Gasteiger partial charge in [-0.05, 0) is 43.2 Å². The smallest absolute Gasteiger partial charge is 0.416 e. The average molecular weight is 486 g/mol. The number of aromatic nitrogens is 2. The van der Waals surface area contributed by atoms with E-state index < -0.39 is 17.8 Å². The Hall–Kier alpha value is -3.93. The predicted octanol–water partition coefficient (Wildman–Crippen LogP) is 3.76. The van der Waals surface area contributed by atoms with Crippen molar-refractivity contribution in [3.8, 4) is 17.1 Å². The molecule has 1 N–H and O–H groups in total. The van der Waals surface area contributed by atoms with Gasteiger partial charge in [-0.2, -0.15) is 23.3 Å². The number of hydrogen-bond acceptors (Lipinski definition) is 8. The largest absolute Gasteiger partial charge is 0.494 e. The first-order valence-electron chi connectivity index (χ1n) is 10.9. The quantitative estimate of drug-likeness (QED) is 0.567. The fourth-order valence-corrected chi connectivity index (χ4v) is 4.03. The summed E-state index contributed by atoms with van der Waals surface area (Å²) >= 11 is 0. The van der Waals surface area contributed by atoms with E-state index >= 15 is 0 Å². The zero-order valence-electron chi connectivity index (χ0n) is 18.6. The van der Waals surface area contributed by atoms with Crippen molar-refractivity contribution in [1.29, 1.82) is 0 Å². The van der Waals surface area contributed by atoms with E-state index in [2.05, 4.69) is 20.7 Å². The van der Waals surface area contributed by atoms with Gasteiger partial charge in [0.15, 0.2) is 0 Å². The van der Waals surface area contributed by atoms with Gasteiger partial charge in [0.05, 0.1) is 18.2 Å². The standard InChI is InChI=1S/C23H21F3N6O3/c1-2-34-17-8-6-14(7-9-17)18-11-19-22(33)31(27-13-32(19)29-18)12-20-28-21(30-35-20)15-4-3-5-16(10-15)23(24,25)26/h3-10,13,18-19,29H,2,11-12H2,1H3. The lowest BCUT2D eigenvalue weighted by Gasteiger charge is -2.29. The lowest BCUT2D eigenvalue weighted by molar-refractivity contribution is -0.138. The number of nitrogens with zero attached hydrogens (tertiary/aromatic N) is 5. The number of ether oxygens (including phenoxy) is 1. The number of hydrazine groups is 1. The number of rotatable bonds is 6. The van der Waals surface area contributed by atoms with Crippen molar-refractivity contribution in [2.45, 2.75) is 38.1 Å². The van der Waals surface area contributed by atoms with Crippen molar-refractivity contribution in [3.63, 3.8) is 0 Å². The first-order chi connectivity index (χ1) is 16.8. The number of carbonyl (C=O) groups excluding carboxylic acids is 1. The van der Waals surface area contributed by atoms with Crippen LogP contribution in [0.15, 0.2) is 58.2 Å². The molecule has 2 atom stereocenters. The van der Waals surface area contributed by atoms with Gasteiger partial charge in [-0.15, -0.1) is 0 Å². The topological polar surface area (TPSA) is 96.1 Å². The predicted molar refractivity (Wildman–Crippen MR) is 118 cm³/mol. The monoisotopic (exact) mass is 486 g/mol. The van der Waals surface area contributed by atoms with Crippen LogP contribution in [0, 0.1) is 0 Å². The summed E-state index contributed by atoms with van der Waals surface area (Å²) in [5, 5.41) is 10.8. The molecular weight excluding hydrogens is 465 g/mol. The van der Waals surface area contributed by atoms with Crippen LogP contribution in [0.4, 0.5) is 13.2 Å². The third kappa shape index (κ3) is 4.69. The molecule has 12 heteroatoms. The first-order valence-corrected chi connectivity index (χ1v) is 10.9. The van der Waals surface area contributed by atoms with E-state index in [0.29, 0.717) is 13.0 Å². The maximum atomic E-state index is 13.1. The Bertz CT molecular complexity index is 1240. The summed E-state index contributed by atoms with van der Waals surface area (Å²) in [5.41, 5.74) is 3.63. The summed E-state index contributed by atoms with van der Waals surface area (Å²) in [6.45, 7) is 2.40. The fourth-order valence-electron chi connectivity index (χ4n) is 4.03. The Morgan fingerprint density at radius 3 is 2.74 bits per heavy atom. The Labute approximate surface area is 198 Å². The van der Waals surface area contributed by atoms with Crippen LogP contribution in [-0.4, -0.2) is 45.1 Å². The number of alkyl halides is 3. The Kier molecular flexibility index (Phi) is 5.89. The molecule has 1 aromatic heterocycles. The molecule has 9 nitrogen and oxygen atoms in total. The van der Waals surface area contributed by atoms with Crippen molar-refractivity contribution in [1.82, 2.24) is 25.6 Å². The van der Waals surface area contributed by atoms with Gasteiger partial charge in [0, 0.05) is 5.56 Å². The summed E-state index contributed by atoms with van der Waals surface area (Å²) < 4.78 is 49.6. The van der Waals surface area contributed by atoms with E-state index in [0.717, 1.165) is 23.4 Å². The molecule has 5 rings (SSSR count). The molecule has 3 heterocycles.